The maximum absolute atomic E-state index is 12.4. The Hall–Kier alpha value is -2.01. The van der Waals surface area contributed by atoms with Crippen molar-refractivity contribution in [3.05, 3.63) is 48.5 Å². The van der Waals surface area contributed by atoms with Crippen LogP contribution >= 0.6 is 24.0 Å². The Kier molecular flexibility index (Phi) is 11.1. The number of hydrogen-bond acceptors (Lipinski definition) is 5. The minimum Gasteiger partial charge on any atom is -0.497 e. The van der Waals surface area contributed by atoms with Crippen LogP contribution in [-0.4, -0.2) is 62.4 Å². The van der Waals surface area contributed by atoms with E-state index in [9.17, 15) is 4.21 Å². The minimum atomic E-state index is -1.04. The zero-order valence-corrected chi connectivity index (χ0v) is 22.0. The quantitative estimate of drug-likeness (QED) is 0.273. The van der Waals surface area contributed by atoms with E-state index in [2.05, 4.69) is 20.5 Å². The predicted octanol–water partition coefficient (Wildman–Crippen LogP) is 3.26. The molecule has 0 spiro atoms. The third-order valence-corrected chi connectivity index (χ3v) is 6.48. The first kappa shape index (κ1) is 26.2. The molecule has 0 aromatic heterocycles. The van der Waals surface area contributed by atoms with E-state index in [0.717, 1.165) is 54.1 Å². The van der Waals surface area contributed by atoms with Crippen LogP contribution in [0.15, 0.2) is 58.4 Å². The molecular weight excluding hydrogens is 539 g/mol. The van der Waals surface area contributed by atoms with Crippen molar-refractivity contribution >= 4 is 46.4 Å². The summed E-state index contributed by atoms with van der Waals surface area (Å²) >= 11 is 0. The maximum Gasteiger partial charge on any atom is 0.191 e. The van der Waals surface area contributed by atoms with Gasteiger partial charge in [0.1, 0.15) is 11.5 Å². The minimum absolute atomic E-state index is 0. The summed E-state index contributed by atoms with van der Waals surface area (Å²) in [5.74, 6) is 2.84. The van der Waals surface area contributed by atoms with Crippen LogP contribution in [0, 0.1) is 0 Å². The number of nitrogens with zero attached hydrogens (tertiary/aromatic N) is 2. The van der Waals surface area contributed by atoms with Gasteiger partial charge in [-0.15, -0.1) is 24.0 Å². The van der Waals surface area contributed by atoms with Crippen LogP contribution in [-0.2, 0) is 10.8 Å². The molecule has 0 saturated carbocycles. The van der Waals surface area contributed by atoms with Crippen LogP contribution in [0.1, 0.15) is 13.3 Å². The van der Waals surface area contributed by atoms with E-state index in [1.807, 2.05) is 55.5 Å². The number of halogens is 1. The maximum atomic E-state index is 12.4. The van der Waals surface area contributed by atoms with Crippen LogP contribution in [0.4, 0.5) is 5.69 Å². The second-order valence-electron chi connectivity index (χ2n) is 7.27. The van der Waals surface area contributed by atoms with E-state index < -0.39 is 10.8 Å². The van der Waals surface area contributed by atoms with Crippen LogP contribution in [0.3, 0.4) is 0 Å². The number of guanidine groups is 1. The molecule has 176 valence electrons. The highest BCUT2D eigenvalue weighted by molar-refractivity contribution is 14.0. The molecule has 1 heterocycles. The number of rotatable bonds is 9. The van der Waals surface area contributed by atoms with Crippen molar-refractivity contribution < 1.29 is 13.7 Å². The number of ether oxygens (including phenoxy) is 2. The van der Waals surface area contributed by atoms with E-state index in [1.54, 1.807) is 14.2 Å². The number of anilines is 1. The van der Waals surface area contributed by atoms with Crippen molar-refractivity contribution in [2.24, 2.45) is 4.99 Å². The highest BCUT2D eigenvalue weighted by atomic mass is 127. The highest BCUT2D eigenvalue weighted by Gasteiger charge is 2.24. The van der Waals surface area contributed by atoms with E-state index in [-0.39, 0.29) is 30.0 Å². The summed E-state index contributed by atoms with van der Waals surface area (Å²) in [4.78, 5) is 7.80. The fourth-order valence-electron chi connectivity index (χ4n) is 3.53. The van der Waals surface area contributed by atoms with Gasteiger partial charge in [0.2, 0.25) is 0 Å². The molecule has 1 fully saturated rings. The lowest BCUT2D eigenvalue weighted by atomic mass is 10.2. The summed E-state index contributed by atoms with van der Waals surface area (Å²) in [6.45, 7) is 5.11. The van der Waals surface area contributed by atoms with Crippen LogP contribution < -0.4 is 25.0 Å². The van der Waals surface area contributed by atoms with E-state index in [1.165, 1.54) is 0 Å². The van der Waals surface area contributed by atoms with Gasteiger partial charge in [0.05, 0.1) is 31.6 Å². The van der Waals surface area contributed by atoms with Gasteiger partial charge in [-0.1, -0.05) is 18.2 Å². The second kappa shape index (κ2) is 13.5. The standard InChI is InChI=1S/C23H32N4O3S.HI/c1-4-24-23(25-11-13-31(28)22-8-6-5-7-9-22)26-18-10-12-27(17-18)19-14-20(29-2)16-21(15-19)30-3;/h5-9,14-16,18H,4,10-13,17H2,1-3H3,(H2,24,25,26);1H. The van der Waals surface area contributed by atoms with Gasteiger partial charge in [-0.05, 0) is 25.5 Å². The normalized spacial score (nSPS) is 16.8. The van der Waals surface area contributed by atoms with Gasteiger partial charge in [0, 0.05) is 60.2 Å². The summed E-state index contributed by atoms with van der Waals surface area (Å²) < 4.78 is 23.2. The molecule has 0 bridgehead atoms. The lowest BCUT2D eigenvalue weighted by Crippen LogP contribution is -2.44. The molecule has 1 aliphatic rings. The Morgan fingerprint density at radius 3 is 2.47 bits per heavy atom. The third-order valence-electron chi connectivity index (χ3n) is 5.13. The molecule has 2 atom stereocenters. The first-order valence-corrected chi connectivity index (χ1v) is 11.9. The molecule has 1 aliphatic heterocycles. The largest absolute Gasteiger partial charge is 0.497 e. The number of aliphatic imine (C=N–C) groups is 1. The zero-order chi connectivity index (χ0) is 22.1. The fraction of sp³-hybridized carbons (Fsp3) is 0.435. The van der Waals surface area contributed by atoms with Gasteiger partial charge < -0.3 is 25.0 Å². The summed E-state index contributed by atoms with van der Waals surface area (Å²) in [6.07, 6.45) is 1.000. The summed E-state index contributed by atoms with van der Waals surface area (Å²) in [6, 6.07) is 15.7. The van der Waals surface area contributed by atoms with Crippen molar-refractivity contribution in [3.63, 3.8) is 0 Å². The number of hydrogen-bond donors (Lipinski definition) is 2. The Morgan fingerprint density at radius 2 is 1.84 bits per heavy atom. The summed E-state index contributed by atoms with van der Waals surface area (Å²) in [5, 5.41) is 6.82. The van der Waals surface area contributed by atoms with Crippen molar-refractivity contribution in [2.75, 3.05) is 51.1 Å². The fourth-order valence-corrected chi connectivity index (χ4v) is 4.48. The average molecular weight is 573 g/mol. The lowest BCUT2D eigenvalue weighted by molar-refractivity contribution is 0.394. The summed E-state index contributed by atoms with van der Waals surface area (Å²) in [5.41, 5.74) is 1.08. The molecular formula is C23H33IN4O3S. The molecule has 2 N–H and O–H groups in total. The van der Waals surface area contributed by atoms with Gasteiger partial charge in [-0.2, -0.15) is 0 Å². The van der Waals surface area contributed by atoms with Crippen molar-refractivity contribution in [3.8, 4) is 11.5 Å². The van der Waals surface area contributed by atoms with Crippen molar-refractivity contribution in [1.82, 2.24) is 10.6 Å². The van der Waals surface area contributed by atoms with E-state index in [4.69, 9.17) is 9.47 Å². The molecule has 2 aromatic rings. The smallest absolute Gasteiger partial charge is 0.191 e. The first-order chi connectivity index (χ1) is 15.1. The molecule has 3 rings (SSSR count). The molecule has 2 unspecified atom stereocenters. The Labute approximate surface area is 210 Å². The van der Waals surface area contributed by atoms with Crippen LogP contribution in [0.2, 0.25) is 0 Å². The number of benzene rings is 2. The monoisotopic (exact) mass is 572 g/mol. The molecule has 0 radical (unpaired) electrons. The van der Waals surface area contributed by atoms with E-state index in [0.29, 0.717) is 12.3 Å². The van der Waals surface area contributed by atoms with Crippen LogP contribution in [0.5, 0.6) is 11.5 Å². The first-order valence-electron chi connectivity index (χ1n) is 10.6. The van der Waals surface area contributed by atoms with Gasteiger partial charge in [0.25, 0.3) is 0 Å². The SMILES string of the molecule is CCNC(=NCCS(=O)c1ccccc1)NC1CCN(c2cc(OC)cc(OC)c2)C1.I. The second-order valence-corrected chi connectivity index (χ2v) is 8.84. The number of nitrogens with one attached hydrogen (secondary N) is 2. The average Bonchev–Trinajstić information content (AvgIpc) is 3.27. The van der Waals surface area contributed by atoms with Crippen molar-refractivity contribution in [1.29, 1.82) is 0 Å². The van der Waals surface area contributed by atoms with Crippen LogP contribution in [0.25, 0.3) is 0 Å². The van der Waals surface area contributed by atoms with E-state index >= 15 is 0 Å². The lowest BCUT2D eigenvalue weighted by Gasteiger charge is -2.21. The Bertz CT molecular complexity index is 876. The molecule has 1 saturated heterocycles. The number of methoxy groups -OCH3 is 2. The third kappa shape index (κ3) is 7.54. The van der Waals surface area contributed by atoms with Gasteiger partial charge >= 0.3 is 0 Å². The zero-order valence-electron chi connectivity index (χ0n) is 18.9. The topological polar surface area (TPSA) is 75.2 Å². The molecule has 0 amide bonds. The van der Waals surface area contributed by atoms with Crippen molar-refractivity contribution in [2.45, 2.75) is 24.3 Å². The molecule has 2 aromatic carbocycles. The highest BCUT2D eigenvalue weighted by Crippen LogP contribution is 2.30. The molecule has 7 nitrogen and oxygen atoms in total. The summed E-state index contributed by atoms with van der Waals surface area (Å²) in [7, 11) is 2.29. The molecule has 9 heteroatoms. The predicted molar refractivity (Wildman–Crippen MR) is 142 cm³/mol. The van der Waals surface area contributed by atoms with Gasteiger partial charge in [-0.3, -0.25) is 9.20 Å². The van der Waals surface area contributed by atoms with Gasteiger partial charge in [0.15, 0.2) is 5.96 Å². The Morgan fingerprint density at radius 1 is 1.16 bits per heavy atom. The molecule has 0 aliphatic carbocycles. The Balaban J connectivity index is 0.00000363. The molecule has 32 heavy (non-hydrogen) atoms. The van der Waals surface area contributed by atoms with Gasteiger partial charge in [-0.25, -0.2) is 0 Å².